The van der Waals surface area contributed by atoms with Crippen LogP contribution in [-0.2, 0) is 6.42 Å². The molecule has 0 aliphatic carbocycles. The van der Waals surface area contributed by atoms with Crippen molar-refractivity contribution in [2.45, 2.75) is 26.2 Å². The SMILES string of the molecule is CC(=CCCN)CCc1ccccc1. The van der Waals surface area contributed by atoms with E-state index in [9.17, 15) is 0 Å². The minimum absolute atomic E-state index is 0.753. The van der Waals surface area contributed by atoms with E-state index >= 15 is 0 Å². The van der Waals surface area contributed by atoms with E-state index in [4.69, 9.17) is 5.73 Å². The lowest BCUT2D eigenvalue weighted by molar-refractivity contribution is 0.913. The van der Waals surface area contributed by atoms with Gasteiger partial charge in [-0.3, -0.25) is 0 Å². The van der Waals surface area contributed by atoms with Crippen molar-refractivity contribution in [3.8, 4) is 0 Å². The largest absolute Gasteiger partial charge is 0.330 e. The highest BCUT2D eigenvalue weighted by molar-refractivity contribution is 5.16. The van der Waals surface area contributed by atoms with Crippen LogP contribution >= 0.6 is 0 Å². The van der Waals surface area contributed by atoms with Crippen molar-refractivity contribution in [2.24, 2.45) is 5.73 Å². The summed E-state index contributed by atoms with van der Waals surface area (Å²) < 4.78 is 0. The van der Waals surface area contributed by atoms with Crippen molar-refractivity contribution in [3.05, 3.63) is 47.5 Å². The van der Waals surface area contributed by atoms with E-state index in [0.717, 1.165) is 25.8 Å². The number of aryl methyl sites for hydroxylation is 1. The summed E-state index contributed by atoms with van der Waals surface area (Å²) in [6.45, 7) is 2.93. The summed E-state index contributed by atoms with van der Waals surface area (Å²) in [5.41, 5.74) is 8.29. The molecule has 0 aliphatic rings. The van der Waals surface area contributed by atoms with Gasteiger partial charge in [0.05, 0.1) is 0 Å². The average molecular weight is 189 g/mol. The topological polar surface area (TPSA) is 26.0 Å². The van der Waals surface area contributed by atoms with Crippen molar-refractivity contribution in [1.29, 1.82) is 0 Å². The highest BCUT2D eigenvalue weighted by Crippen LogP contribution is 2.08. The number of hydrogen-bond acceptors (Lipinski definition) is 1. The molecule has 14 heavy (non-hydrogen) atoms. The predicted molar refractivity (Wildman–Crippen MR) is 62.2 cm³/mol. The van der Waals surface area contributed by atoms with E-state index in [-0.39, 0.29) is 0 Å². The third-order valence-corrected chi connectivity index (χ3v) is 2.31. The minimum atomic E-state index is 0.753. The maximum absolute atomic E-state index is 5.44. The van der Waals surface area contributed by atoms with Gasteiger partial charge < -0.3 is 5.73 Å². The van der Waals surface area contributed by atoms with Crippen LogP contribution in [0, 0.1) is 0 Å². The Kier molecular flexibility index (Phi) is 5.02. The van der Waals surface area contributed by atoms with Gasteiger partial charge in [-0.1, -0.05) is 42.0 Å². The van der Waals surface area contributed by atoms with E-state index < -0.39 is 0 Å². The summed E-state index contributed by atoms with van der Waals surface area (Å²) in [6, 6.07) is 10.6. The molecule has 0 saturated carbocycles. The zero-order valence-electron chi connectivity index (χ0n) is 8.87. The molecular formula is C13H19N. The van der Waals surface area contributed by atoms with Crippen molar-refractivity contribution in [3.63, 3.8) is 0 Å². The van der Waals surface area contributed by atoms with Crippen LogP contribution in [0.5, 0.6) is 0 Å². The second-order valence-corrected chi connectivity index (χ2v) is 3.61. The van der Waals surface area contributed by atoms with Gasteiger partial charge in [0, 0.05) is 0 Å². The molecule has 0 atom stereocenters. The Morgan fingerprint density at radius 2 is 2.00 bits per heavy atom. The van der Waals surface area contributed by atoms with Gasteiger partial charge in [0.2, 0.25) is 0 Å². The standard InChI is InChI=1S/C13H19N/c1-12(6-5-11-14)9-10-13-7-3-2-4-8-13/h2-4,6-8H,5,9-11,14H2,1H3. The van der Waals surface area contributed by atoms with Crippen LogP contribution in [0.25, 0.3) is 0 Å². The number of hydrogen-bond donors (Lipinski definition) is 1. The third kappa shape index (κ3) is 4.24. The highest BCUT2D eigenvalue weighted by Gasteiger charge is 1.92. The van der Waals surface area contributed by atoms with Crippen LogP contribution in [0.4, 0.5) is 0 Å². The summed E-state index contributed by atoms with van der Waals surface area (Å²) in [5, 5.41) is 0. The molecule has 1 aromatic rings. The molecule has 76 valence electrons. The first-order valence-corrected chi connectivity index (χ1v) is 5.22. The van der Waals surface area contributed by atoms with Crippen LogP contribution < -0.4 is 5.73 Å². The van der Waals surface area contributed by atoms with Gasteiger partial charge in [-0.25, -0.2) is 0 Å². The first-order chi connectivity index (χ1) is 6.83. The predicted octanol–water partition coefficient (Wildman–Crippen LogP) is 2.91. The molecule has 1 heteroatoms. The molecule has 0 aliphatic heterocycles. The van der Waals surface area contributed by atoms with Gasteiger partial charge in [0.1, 0.15) is 0 Å². The first-order valence-electron chi connectivity index (χ1n) is 5.22. The van der Waals surface area contributed by atoms with Gasteiger partial charge in [0.25, 0.3) is 0 Å². The van der Waals surface area contributed by atoms with Gasteiger partial charge in [-0.2, -0.15) is 0 Å². The Morgan fingerprint density at radius 1 is 1.29 bits per heavy atom. The van der Waals surface area contributed by atoms with Crippen LogP contribution in [0.1, 0.15) is 25.3 Å². The molecule has 0 bridgehead atoms. The zero-order chi connectivity index (χ0) is 10.2. The second-order valence-electron chi connectivity index (χ2n) is 3.61. The van der Waals surface area contributed by atoms with Crippen LogP contribution in [0.2, 0.25) is 0 Å². The average Bonchev–Trinajstić information content (AvgIpc) is 2.25. The Bertz CT molecular complexity index is 275. The van der Waals surface area contributed by atoms with Gasteiger partial charge >= 0.3 is 0 Å². The molecule has 0 saturated heterocycles. The zero-order valence-corrected chi connectivity index (χ0v) is 8.87. The smallest absolute Gasteiger partial charge is 0.00425 e. The first kappa shape index (κ1) is 11.0. The maximum atomic E-state index is 5.44. The molecule has 0 heterocycles. The lowest BCUT2D eigenvalue weighted by Crippen LogP contribution is -1.96. The van der Waals surface area contributed by atoms with Gasteiger partial charge in [-0.15, -0.1) is 0 Å². The Labute approximate surface area is 86.6 Å². The monoisotopic (exact) mass is 189 g/mol. The molecule has 1 rings (SSSR count). The highest BCUT2D eigenvalue weighted by atomic mass is 14.5. The fraction of sp³-hybridized carbons (Fsp3) is 0.385. The fourth-order valence-electron chi connectivity index (χ4n) is 1.42. The van der Waals surface area contributed by atoms with E-state index in [2.05, 4.69) is 43.3 Å². The Morgan fingerprint density at radius 3 is 2.64 bits per heavy atom. The van der Waals surface area contributed by atoms with Crippen molar-refractivity contribution in [2.75, 3.05) is 6.54 Å². The molecule has 2 N–H and O–H groups in total. The number of benzene rings is 1. The molecule has 0 spiro atoms. The molecule has 0 fully saturated rings. The number of nitrogens with two attached hydrogens (primary N) is 1. The summed E-state index contributed by atoms with van der Waals surface area (Å²) in [7, 11) is 0. The molecular weight excluding hydrogens is 170 g/mol. The lowest BCUT2D eigenvalue weighted by Gasteiger charge is -2.01. The molecule has 1 aromatic carbocycles. The normalized spacial score (nSPS) is 11.7. The summed E-state index contributed by atoms with van der Waals surface area (Å²) in [4.78, 5) is 0. The van der Waals surface area contributed by atoms with Crippen LogP contribution in [0.15, 0.2) is 42.0 Å². The molecule has 0 unspecified atom stereocenters. The van der Waals surface area contributed by atoms with Crippen molar-refractivity contribution in [1.82, 2.24) is 0 Å². The van der Waals surface area contributed by atoms with Crippen molar-refractivity contribution < 1.29 is 0 Å². The van der Waals surface area contributed by atoms with Crippen molar-refractivity contribution >= 4 is 0 Å². The fourth-order valence-corrected chi connectivity index (χ4v) is 1.42. The molecule has 1 nitrogen and oxygen atoms in total. The Balaban J connectivity index is 2.34. The van der Waals surface area contributed by atoms with Crippen LogP contribution in [0.3, 0.4) is 0 Å². The third-order valence-electron chi connectivity index (χ3n) is 2.31. The number of rotatable bonds is 5. The molecule has 0 amide bonds. The van der Waals surface area contributed by atoms with E-state index in [1.165, 1.54) is 11.1 Å². The maximum Gasteiger partial charge on any atom is -0.00425 e. The molecule has 0 aromatic heterocycles. The quantitative estimate of drug-likeness (QED) is 0.708. The Hall–Kier alpha value is -1.08. The van der Waals surface area contributed by atoms with E-state index in [0.29, 0.717) is 0 Å². The summed E-state index contributed by atoms with van der Waals surface area (Å²) in [5.74, 6) is 0. The lowest BCUT2D eigenvalue weighted by atomic mass is 10.1. The van der Waals surface area contributed by atoms with E-state index in [1.54, 1.807) is 0 Å². The molecule has 0 radical (unpaired) electrons. The van der Waals surface area contributed by atoms with Gasteiger partial charge in [-0.05, 0) is 38.3 Å². The minimum Gasteiger partial charge on any atom is -0.330 e. The van der Waals surface area contributed by atoms with E-state index in [1.807, 2.05) is 0 Å². The second kappa shape index (κ2) is 6.39. The van der Waals surface area contributed by atoms with Crippen LogP contribution in [-0.4, -0.2) is 6.54 Å². The van der Waals surface area contributed by atoms with Gasteiger partial charge in [0.15, 0.2) is 0 Å². The summed E-state index contributed by atoms with van der Waals surface area (Å²) in [6.07, 6.45) is 5.52. The summed E-state index contributed by atoms with van der Waals surface area (Å²) >= 11 is 0. The number of allylic oxidation sites excluding steroid dienone is 1.